The Bertz CT molecular complexity index is 1040. The van der Waals surface area contributed by atoms with Gasteiger partial charge in [0, 0.05) is 12.5 Å². The number of esters is 1. The Hall–Kier alpha value is -3.63. The quantitative estimate of drug-likeness (QED) is 0.294. The number of primary amides is 1. The van der Waals surface area contributed by atoms with Crippen LogP contribution in [0.3, 0.4) is 0 Å². The molecule has 0 bridgehead atoms. The van der Waals surface area contributed by atoms with Crippen molar-refractivity contribution in [2.45, 2.75) is 97.9 Å². The summed E-state index contributed by atoms with van der Waals surface area (Å²) in [6.07, 6.45) is 0.216. The fraction of sp³-hybridized carbons (Fsp3) is 0.621. The number of methoxy groups -OCH3 is 1. The van der Waals surface area contributed by atoms with E-state index in [0.717, 1.165) is 12.0 Å². The number of alkyl carbamates (subject to hydrolysis) is 1. The molecule has 0 spiro atoms. The number of hydrogen-bond donors (Lipinski definition) is 3. The second-order valence-corrected chi connectivity index (χ2v) is 11.3. The third-order valence-corrected chi connectivity index (χ3v) is 6.20. The zero-order valence-corrected chi connectivity index (χ0v) is 25.0. The number of carbonyl (C=O) groups excluding carboxylic acids is 5. The highest BCUT2D eigenvalue weighted by Gasteiger charge is 2.39. The van der Waals surface area contributed by atoms with E-state index >= 15 is 0 Å². The van der Waals surface area contributed by atoms with Gasteiger partial charge in [0.25, 0.3) is 0 Å². The standard InChI is InChI=1S/C29H46N4O7/c1-18(2)13-14-20(4)33(27(37)22(15-16-23(30)34)32-28(38)40-29(5,6)7)25(21-12-10-9-11-19(21)3)26(36)31-17-24(35)39-8/h9-12,18,20,22,25H,13-17H2,1-8H3,(H2,30,34)(H,31,36)(H,32,38). The van der Waals surface area contributed by atoms with Crippen molar-refractivity contribution in [3.63, 3.8) is 0 Å². The number of benzene rings is 1. The van der Waals surface area contributed by atoms with Gasteiger partial charge in [0.15, 0.2) is 0 Å². The van der Waals surface area contributed by atoms with Gasteiger partial charge in [-0.25, -0.2) is 4.79 Å². The van der Waals surface area contributed by atoms with Crippen molar-refractivity contribution in [2.75, 3.05) is 13.7 Å². The van der Waals surface area contributed by atoms with Crippen LogP contribution < -0.4 is 16.4 Å². The Kier molecular flexibility index (Phi) is 13.6. The summed E-state index contributed by atoms with van der Waals surface area (Å²) < 4.78 is 10.0. The van der Waals surface area contributed by atoms with E-state index in [2.05, 4.69) is 29.2 Å². The average Bonchev–Trinajstić information content (AvgIpc) is 2.85. The Balaban J connectivity index is 3.66. The summed E-state index contributed by atoms with van der Waals surface area (Å²) in [6, 6.07) is 4.33. The van der Waals surface area contributed by atoms with Gasteiger partial charge in [-0.15, -0.1) is 0 Å². The van der Waals surface area contributed by atoms with Crippen molar-refractivity contribution >= 4 is 29.8 Å². The van der Waals surface area contributed by atoms with E-state index in [4.69, 9.17) is 10.5 Å². The summed E-state index contributed by atoms with van der Waals surface area (Å²) in [5.41, 5.74) is 5.85. The van der Waals surface area contributed by atoms with Crippen LogP contribution in [-0.2, 0) is 28.7 Å². The largest absolute Gasteiger partial charge is 0.468 e. The molecule has 0 radical (unpaired) electrons. The molecule has 3 unspecified atom stereocenters. The molecule has 1 rings (SSSR count). The number of ether oxygens (including phenoxy) is 2. The van der Waals surface area contributed by atoms with Gasteiger partial charge in [-0.3, -0.25) is 19.2 Å². The maximum atomic E-state index is 14.3. The molecule has 0 aromatic heterocycles. The van der Waals surface area contributed by atoms with Gasteiger partial charge < -0.3 is 30.7 Å². The van der Waals surface area contributed by atoms with Crippen LogP contribution in [0.5, 0.6) is 0 Å². The molecular weight excluding hydrogens is 516 g/mol. The molecule has 0 saturated heterocycles. The van der Waals surface area contributed by atoms with E-state index in [1.807, 2.05) is 26.0 Å². The summed E-state index contributed by atoms with van der Waals surface area (Å²) >= 11 is 0. The molecule has 0 aliphatic rings. The lowest BCUT2D eigenvalue weighted by atomic mass is 9.94. The lowest BCUT2D eigenvalue weighted by Crippen LogP contribution is -2.56. The maximum absolute atomic E-state index is 14.3. The monoisotopic (exact) mass is 562 g/mol. The van der Waals surface area contributed by atoms with Crippen LogP contribution in [0.25, 0.3) is 0 Å². The zero-order valence-electron chi connectivity index (χ0n) is 25.0. The minimum atomic E-state index is -1.20. The molecule has 4 amide bonds. The number of amides is 4. The van der Waals surface area contributed by atoms with Crippen molar-refractivity contribution in [1.82, 2.24) is 15.5 Å². The first-order chi connectivity index (χ1) is 18.6. The minimum absolute atomic E-state index is 0.0922. The first kappa shape index (κ1) is 34.4. The van der Waals surface area contributed by atoms with Crippen LogP contribution in [0.15, 0.2) is 24.3 Å². The van der Waals surface area contributed by atoms with Gasteiger partial charge in [-0.1, -0.05) is 38.1 Å². The Morgan fingerprint density at radius 1 is 1.00 bits per heavy atom. The highest BCUT2D eigenvalue weighted by Crippen LogP contribution is 2.30. The summed E-state index contributed by atoms with van der Waals surface area (Å²) in [5.74, 6) is -2.13. The number of nitrogens with one attached hydrogen (secondary N) is 2. The second kappa shape index (κ2) is 15.8. The highest BCUT2D eigenvalue weighted by molar-refractivity contribution is 5.93. The van der Waals surface area contributed by atoms with E-state index in [0.29, 0.717) is 17.9 Å². The third kappa shape index (κ3) is 11.6. The number of aryl methyl sites for hydroxylation is 1. The van der Waals surface area contributed by atoms with E-state index in [9.17, 15) is 24.0 Å². The molecule has 224 valence electrons. The van der Waals surface area contributed by atoms with E-state index < -0.39 is 53.5 Å². The van der Waals surface area contributed by atoms with Crippen LogP contribution in [0, 0.1) is 12.8 Å². The van der Waals surface area contributed by atoms with Crippen LogP contribution in [0.1, 0.15) is 84.4 Å². The molecule has 0 aliphatic carbocycles. The lowest BCUT2D eigenvalue weighted by Gasteiger charge is -2.39. The van der Waals surface area contributed by atoms with Gasteiger partial charge in [0.2, 0.25) is 17.7 Å². The first-order valence-corrected chi connectivity index (χ1v) is 13.6. The van der Waals surface area contributed by atoms with Gasteiger partial charge in [0.05, 0.1) is 7.11 Å². The summed E-state index contributed by atoms with van der Waals surface area (Å²) in [7, 11) is 1.21. The van der Waals surface area contributed by atoms with Crippen LogP contribution in [0.4, 0.5) is 4.79 Å². The molecule has 0 heterocycles. The van der Waals surface area contributed by atoms with E-state index in [1.54, 1.807) is 32.9 Å². The Morgan fingerprint density at radius 2 is 1.62 bits per heavy atom. The predicted octanol–water partition coefficient (Wildman–Crippen LogP) is 3.14. The molecule has 1 aromatic rings. The number of hydrogen-bond acceptors (Lipinski definition) is 7. The molecule has 3 atom stereocenters. The molecule has 1 aromatic carbocycles. The van der Waals surface area contributed by atoms with Crippen molar-refractivity contribution in [3.8, 4) is 0 Å². The number of rotatable bonds is 14. The van der Waals surface area contributed by atoms with Crippen molar-refractivity contribution < 1.29 is 33.4 Å². The molecule has 11 nitrogen and oxygen atoms in total. The topological polar surface area (TPSA) is 157 Å². The van der Waals surface area contributed by atoms with Gasteiger partial charge >= 0.3 is 12.1 Å². The van der Waals surface area contributed by atoms with Crippen LogP contribution in [-0.4, -0.2) is 66.0 Å². The molecule has 0 aliphatic heterocycles. The van der Waals surface area contributed by atoms with Crippen LogP contribution >= 0.6 is 0 Å². The van der Waals surface area contributed by atoms with E-state index in [1.165, 1.54) is 12.0 Å². The van der Waals surface area contributed by atoms with Crippen molar-refractivity contribution in [3.05, 3.63) is 35.4 Å². The predicted molar refractivity (Wildman–Crippen MR) is 151 cm³/mol. The SMILES string of the molecule is COC(=O)CNC(=O)C(c1ccccc1C)N(C(=O)C(CCC(N)=O)NC(=O)OC(C)(C)C)C(C)CCC(C)C. The Morgan fingerprint density at radius 3 is 2.15 bits per heavy atom. The number of carbonyl (C=O) groups is 5. The molecule has 0 fully saturated rings. The van der Waals surface area contributed by atoms with Gasteiger partial charge in [-0.05, 0) is 70.9 Å². The molecule has 11 heteroatoms. The van der Waals surface area contributed by atoms with Crippen molar-refractivity contribution in [2.24, 2.45) is 11.7 Å². The smallest absolute Gasteiger partial charge is 0.408 e. The second-order valence-electron chi connectivity index (χ2n) is 11.3. The highest BCUT2D eigenvalue weighted by atomic mass is 16.6. The van der Waals surface area contributed by atoms with E-state index in [-0.39, 0.29) is 19.4 Å². The van der Waals surface area contributed by atoms with Crippen molar-refractivity contribution in [1.29, 1.82) is 0 Å². The lowest BCUT2D eigenvalue weighted by molar-refractivity contribution is -0.146. The Labute approximate surface area is 237 Å². The maximum Gasteiger partial charge on any atom is 0.408 e. The summed E-state index contributed by atoms with van der Waals surface area (Å²) in [4.78, 5) is 65.6. The van der Waals surface area contributed by atoms with Gasteiger partial charge in [0.1, 0.15) is 24.2 Å². The molecule has 0 saturated carbocycles. The normalized spacial score (nSPS) is 13.5. The van der Waals surface area contributed by atoms with Crippen LogP contribution in [0.2, 0.25) is 0 Å². The minimum Gasteiger partial charge on any atom is -0.468 e. The number of nitrogens with two attached hydrogens (primary N) is 1. The summed E-state index contributed by atoms with van der Waals surface area (Å²) in [6.45, 7) is 12.4. The third-order valence-electron chi connectivity index (χ3n) is 6.20. The first-order valence-electron chi connectivity index (χ1n) is 13.6. The van der Waals surface area contributed by atoms with Gasteiger partial charge in [-0.2, -0.15) is 0 Å². The molecule has 40 heavy (non-hydrogen) atoms. The fourth-order valence-electron chi connectivity index (χ4n) is 4.13. The average molecular weight is 563 g/mol. The fourth-order valence-corrected chi connectivity index (χ4v) is 4.13. The number of nitrogens with zero attached hydrogens (tertiary/aromatic N) is 1. The summed E-state index contributed by atoms with van der Waals surface area (Å²) in [5, 5.41) is 5.16. The molecular formula is C29H46N4O7. The zero-order chi connectivity index (χ0) is 30.6. The molecule has 4 N–H and O–H groups in total.